The molecule has 6 nitrogen and oxygen atoms in total. The van der Waals surface area contributed by atoms with Gasteiger partial charge in [0.05, 0.1) is 11.6 Å². The average molecular weight is 392 g/mol. The number of halogens is 1. The molecule has 1 aliphatic rings. The standard InChI is InChI=1S/C22H21FN4O2/c23-18-10-8-16(9-11-18)22(29)27-12-4-7-17(14-27)21(28)25-19-13-24-26-20(19)15-5-2-1-3-6-15/h1-3,5-6,8-11,13,17H,4,7,12,14H2,(H,24,26)(H,25,28). The molecule has 1 atom stereocenters. The van der Waals surface area contributed by atoms with Crippen LogP contribution in [0.1, 0.15) is 23.2 Å². The summed E-state index contributed by atoms with van der Waals surface area (Å²) in [7, 11) is 0. The predicted octanol–water partition coefficient (Wildman–Crippen LogP) is 3.71. The van der Waals surface area contributed by atoms with E-state index in [9.17, 15) is 14.0 Å². The minimum atomic E-state index is -0.383. The van der Waals surface area contributed by atoms with Crippen molar-refractivity contribution in [3.05, 3.63) is 72.2 Å². The topological polar surface area (TPSA) is 78.1 Å². The normalized spacial score (nSPS) is 16.4. The van der Waals surface area contributed by atoms with Gasteiger partial charge in [0.25, 0.3) is 5.91 Å². The Balaban J connectivity index is 1.44. The Kier molecular flexibility index (Phi) is 5.37. The molecule has 0 spiro atoms. The van der Waals surface area contributed by atoms with Crippen molar-refractivity contribution in [3.63, 3.8) is 0 Å². The number of benzene rings is 2. The molecule has 0 bridgehead atoms. The van der Waals surface area contributed by atoms with Crippen LogP contribution in [0, 0.1) is 11.7 Å². The van der Waals surface area contributed by atoms with E-state index in [0.717, 1.165) is 12.0 Å². The van der Waals surface area contributed by atoms with Gasteiger partial charge in [-0.05, 0) is 37.1 Å². The molecule has 4 rings (SSSR count). The third kappa shape index (κ3) is 4.18. The van der Waals surface area contributed by atoms with E-state index in [1.807, 2.05) is 30.3 Å². The van der Waals surface area contributed by atoms with Crippen LogP contribution in [0.25, 0.3) is 11.3 Å². The highest BCUT2D eigenvalue weighted by Crippen LogP contribution is 2.27. The molecule has 2 aromatic carbocycles. The van der Waals surface area contributed by atoms with Gasteiger partial charge in [-0.1, -0.05) is 30.3 Å². The van der Waals surface area contributed by atoms with Crippen molar-refractivity contribution in [2.24, 2.45) is 5.92 Å². The first-order chi connectivity index (χ1) is 14.1. The van der Waals surface area contributed by atoms with Crippen LogP contribution in [0.5, 0.6) is 0 Å². The molecule has 1 saturated heterocycles. The molecule has 1 aromatic heterocycles. The van der Waals surface area contributed by atoms with Crippen molar-refractivity contribution in [3.8, 4) is 11.3 Å². The number of carbonyl (C=O) groups is 2. The minimum Gasteiger partial charge on any atom is -0.338 e. The van der Waals surface area contributed by atoms with E-state index in [4.69, 9.17) is 0 Å². The number of piperidine rings is 1. The lowest BCUT2D eigenvalue weighted by Crippen LogP contribution is -2.43. The molecular formula is C22H21FN4O2. The van der Waals surface area contributed by atoms with Gasteiger partial charge in [-0.15, -0.1) is 0 Å². The molecule has 0 aliphatic carbocycles. The fourth-order valence-electron chi connectivity index (χ4n) is 3.59. The monoisotopic (exact) mass is 392 g/mol. The number of aromatic amines is 1. The highest BCUT2D eigenvalue weighted by Gasteiger charge is 2.29. The van der Waals surface area contributed by atoms with Crippen molar-refractivity contribution < 1.29 is 14.0 Å². The number of anilines is 1. The summed E-state index contributed by atoms with van der Waals surface area (Å²) in [5.41, 5.74) is 2.62. The highest BCUT2D eigenvalue weighted by atomic mass is 19.1. The zero-order valence-corrected chi connectivity index (χ0v) is 15.8. The van der Waals surface area contributed by atoms with Gasteiger partial charge in [-0.25, -0.2) is 4.39 Å². The van der Waals surface area contributed by atoms with E-state index < -0.39 is 0 Å². The number of rotatable bonds is 4. The largest absolute Gasteiger partial charge is 0.338 e. The van der Waals surface area contributed by atoms with Gasteiger partial charge in [-0.2, -0.15) is 5.10 Å². The molecule has 148 valence electrons. The maximum Gasteiger partial charge on any atom is 0.253 e. The van der Waals surface area contributed by atoms with Gasteiger partial charge in [0, 0.05) is 30.4 Å². The van der Waals surface area contributed by atoms with Crippen LogP contribution in [0.4, 0.5) is 10.1 Å². The quantitative estimate of drug-likeness (QED) is 0.711. The van der Waals surface area contributed by atoms with E-state index in [-0.39, 0.29) is 23.5 Å². The molecular weight excluding hydrogens is 371 g/mol. The van der Waals surface area contributed by atoms with E-state index in [0.29, 0.717) is 36.5 Å². The zero-order chi connectivity index (χ0) is 20.2. The lowest BCUT2D eigenvalue weighted by Gasteiger charge is -2.32. The van der Waals surface area contributed by atoms with Crippen molar-refractivity contribution in [1.29, 1.82) is 0 Å². The molecule has 2 amide bonds. The molecule has 0 radical (unpaired) electrons. The Hall–Kier alpha value is -3.48. The van der Waals surface area contributed by atoms with E-state index >= 15 is 0 Å². The average Bonchev–Trinajstić information content (AvgIpc) is 3.22. The van der Waals surface area contributed by atoms with E-state index in [2.05, 4.69) is 15.5 Å². The fourth-order valence-corrected chi connectivity index (χ4v) is 3.59. The van der Waals surface area contributed by atoms with Gasteiger partial charge in [-0.3, -0.25) is 14.7 Å². The number of amides is 2. The van der Waals surface area contributed by atoms with E-state index in [1.54, 1.807) is 11.1 Å². The van der Waals surface area contributed by atoms with Gasteiger partial charge >= 0.3 is 0 Å². The van der Waals surface area contributed by atoms with Crippen LogP contribution in [-0.2, 0) is 4.79 Å². The summed E-state index contributed by atoms with van der Waals surface area (Å²) in [6.45, 7) is 0.918. The summed E-state index contributed by atoms with van der Waals surface area (Å²) in [6, 6.07) is 15.1. The lowest BCUT2D eigenvalue weighted by atomic mass is 9.96. The van der Waals surface area contributed by atoms with Crippen LogP contribution in [0.3, 0.4) is 0 Å². The van der Waals surface area contributed by atoms with Gasteiger partial charge in [0.2, 0.25) is 5.91 Å². The number of likely N-dealkylation sites (tertiary alicyclic amines) is 1. The van der Waals surface area contributed by atoms with Crippen molar-refractivity contribution in [2.75, 3.05) is 18.4 Å². The predicted molar refractivity (Wildman–Crippen MR) is 108 cm³/mol. The zero-order valence-electron chi connectivity index (χ0n) is 15.8. The number of aromatic nitrogens is 2. The van der Waals surface area contributed by atoms with E-state index in [1.165, 1.54) is 24.3 Å². The molecule has 1 aliphatic heterocycles. The summed E-state index contributed by atoms with van der Waals surface area (Å²) in [4.78, 5) is 27.2. The number of H-pyrrole nitrogens is 1. The van der Waals surface area contributed by atoms with Crippen LogP contribution >= 0.6 is 0 Å². The lowest BCUT2D eigenvalue weighted by molar-refractivity contribution is -0.121. The summed E-state index contributed by atoms with van der Waals surface area (Å²) in [5.74, 6) is -1.02. The Labute approximate surface area is 167 Å². The molecule has 0 saturated carbocycles. The number of nitrogens with one attached hydrogen (secondary N) is 2. The first kappa shape index (κ1) is 18.9. The Morgan fingerprint density at radius 3 is 2.62 bits per heavy atom. The van der Waals surface area contributed by atoms with Crippen molar-refractivity contribution >= 4 is 17.5 Å². The minimum absolute atomic E-state index is 0.139. The summed E-state index contributed by atoms with van der Waals surface area (Å²) >= 11 is 0. The Bertz CT molecular complexity index is 1000. The maximum absolute atomic E-state index is 13.1. The first-order valence-electron chi connectivity index (χ1n) is 9.57. The second-order valence-electron chi connectivity index (χ2n) is 7.10. The second-order valence-corrected chi connectivity index (χ2v) is 7.10. The maximum atomic E-state index is 13.1. The van der Waals surface area contributed by atoms with Crippen LogP contribution in [0.2, 0.25) is 0 Å². The summed E-state index contributed by atoms with van der Waals surface area (Å²) in [6.07, 6.45) is 3.10. The van der Waals surface area contributed by atoms with Crippen molar-refractivity contribution in [1.82, 2.24) is 15.1 Å². The molecule has 1 fully saturated rings. The number of hydrogen-bond donors (Lipinski definition) is 2. The molecule has 3 aromatic rings. The molecule has 29 heavy (non-hydrogen) atoms. The van der Waals surface area contributed by atoms with Crippen LogP contribution in [-0.4, -0.2) is 40.0 Å². The Morgan fingerprint density at radius 1 is 1.10 bits per heavy atom. The van der Waals surface area contributed by atoms with Crippen molar-refractivity contribution in [2.45, 2.75) is 12.8 Å². The number of carbonyl (C=O) groups excluding carboxylic acids is 2. The van der Waals surface area contributed by atoms with Gasteiger partial charge < -0.3 is 10.2 Å². The SMILES string of the molecule is O=C(Nc1c[nH]nc1-c1ccccc1)C1CCCN(C(=O)c2ccc(F)cc2)C1. The molecule has 7 heteroatoms. The molecule has 2 N–H and O–H groups in total. The Morgan fingerprint density at radius 2 is 1.86 bits per heavy atom. The third-order valence-corrected chi connectivity index (χ3v) is 5.12. The number of nitrogens with zero attached hydrogens (tertiary/aromatic N) is 2. The second kappa shape index (κ2) is 8.26. The van der Waals surface area contributed by atoms with Gasteiger partial charge in [0.1, 0.15) is 11.5 Å². The summed E-state index contributed by atoms with van der Waals surface area (Å²) < 4.78 is 13.1. The molecule has 2 heterocycles. The number of hydrogen-bond acceptors (Lipinski definition) is 3. The summed E-state index contributed by atoms with van der Waals surface area (Å²) in [5, 5.41) is 9.98. The van der Waals surface area contributed by atoms with Crippen LogP contribution < -0.4 is 5.32 Å². The fraction of sp³-hybridized carbons (Fsp3) is 0.227. The van der Waals surface area contributed by atoms with Crippen LogP contribution in [0.15, 0.2) is 60.8 Å². The highest BCUT2D eigenvalue weighted by molar-refractivity contribution is 5.97. The van der Waals surface area contributed by atoms with Gasteiger partial charge in [0.15, 0.2) is 0 Å². The molecule has 1 unspecified atom stereocenters. The third-order valence-electron chi connectivity index (χ3n) is 5.12. The smallest absolute Gasteiger partial charge is 0.253 e. The first-order valence-corrected chi connectivity index (χ1v) is 9.57.